The van der Waals surface area contributed by atoms with Gasteiger partial charge in [-0.3, -0.25) is 0 Å². The highest BCUT2D eigenvalue weighted by molar-refractivity contribution is 5.79. The van der Waals surface area contributed by atoms with E-state index in [1.54, 1.807) is 0 Å². The highest BCUT2D eigenvalue weighted by Crippen LogP contribution is 2.27. The summed E-state index contributed by atoms with van der Waals surface area (Å²) in [6.07, 6.45) is 2.73. The number of hydrogen-bond acceptors (Lipinski definition) is 1. The number of nitrogens with one attached hydrogen (secondary N) is 2. The SMILES string of the molecule is CCNC(=NCc1c(C)cc(C)cc1C)NCC1CC1. The number of benzene rings is 1. The van der Waals surface area contributed by atoms with E-state index in [2.05, 4.69) is 50.5 Å². The second kappa shape index (κ2) is 6.78. The molecule has 0 aromatic heterocycles. The van der Waals surface area contributed by atoms with Crippen molar-refractivity contribution in [2.24, 2.45) is 10.9 Å². The molecule has 0 heterocycles. The number of hydrogen-bond donors (Lipinski definition) is 2. The minimum Gasteiger partial charge on any atom is -0.357 e. The lowest BCUT2D eigenvalue weighted by atomic mass is 10.00. The van der Waals surface area contributed by atoms with Crippen molar-refractivity contribution in [2.45, 2.75) is 47.1 Å². The smallest absolute Gasteiger partial charge is 0.191 e. The van der Waals surface area contributed by atoms with Crippen LogP contribution in [0.25, 0.3) is 0 Å². The Balaban J connectivity index is 2.03. The normalized spacial score (nSPS) is 15.3. The zero-order valence-corrected chi connectivity index (χ0v) is 13.2. The molecule has 0 unspecified atom stereocenters. The Morgan fingerprint density at radius 1 is 1.15 bits per heavy atom. The van der Waals surface area contributed by atoms with E-state index in [9.17, 15) is 0 Å². The molecule has 3 nitrogen and oxygen atoms in total. The molecule has 110 valence electrons. The second-order valence-corrected chi connectivity index (χ2v) is 5.90. The Labute approximate surface area is 122 Å². The Bertz CT molecular complexity index is 464. The maximum Gasteiger partial charge on any atom is 0.191 e. The molecule has 3 heteroatoms. The van der Waals surface area contributed by atoms with Gasteiger partial charge in [0.15, 0.2) is 5.96 Å². The fourth-order valence-corrected chi connectivity index (χ4v) is 2.52. The fraction of sp³-hybridized carbons (Fsp3) is 0.588. The first-order valence-electron chi connectivity index (χ1n) is 7.69. The quantitative estimate of drug-likeness (QED) is 0.639. The van der Waals surface area contributed by atoms with Gasteiger partial charge in [0.25, 0.3) is 0 Å². The van der Waals surface area contributed by atoms with Crippen molar-refractivity contribution in [1.82, 2.24) is 10.6 Å². The summed E-state index contributed by atoms with van der Waals surface area (Å²) in [6, 6.07) is 4.48. The highest BCUT2D eigenvalue weighted by atomic mass is 15.2. The van der Waals surface area contributed by atoms with Crippen LogP contribution in [-0.2, 0) is 6.54 Å². The molecule has 1 saturated carbocycles. The van der Waals surface area contributed by atoms with Gasteiger partial charge in [-0.1, -0.05) is 17.7 Å². The number of guanidine groups is 1. The van der Waals surface area contributed by atoms with Gasteiger partial charge >= 0.3 is 0 Å². The summed E-state index contributed by atoms with van der Waals surface area (Å²) in [5, 5.41) is 6.77. The maximum atomic E-state index is 4.73. The highest BCUT2D eigenvalue weighted by Gasteiger charge is 2.21. The van der Waals surface area contributed by atoms with Gasteiger partial charge in [0, 0.05) is 13.1 Å². The summed E-state index contributed by atoms with van der Waals surface area (Å²) in [5.74, 6) is 1.81. The third-order valence-corrected chi connectivity index (χ3v) is 3.83. The van der Waals surface area contributed by atoms with Crippen molar-refractivity contribution >= 4 is 5.96 Å². The molecule has 0 aliphatic heterocycles. The van der Waals surface area contributed by atoms with Crippen molar-refractivity contribution in [1.29, 1.82) is 0 Å². The Kier molecular flexibility index (Phi) is 5.05. The minimum atomic E-state index is 0.748. The van der Waals surface area contributed by atoms with Gasteiger partial charge in [-0.25, -0.2) is 4.99 Å². The van der Waals surface area contributed by atoms with Crippen LogP contribution in [0.5, 0.6) is 0 Å². The lowest BCUT2D eigenvalue weighted by Crippen LogP contribution is -2.38. The van der Waals surface area contributed by atoms with Crippen LogP contribution in [0, 0.1) is 26.7 Å². The average molecular weight is 273 g/mol. The molecule has 20 heavy (non-hydrogen) atoms. The van der Waals surface area contributed by atoms with Crippen molar-refractivity contribution < 1.29 is 0 Å². The zero-order valence-electron chi connectivity index (χ0n) is 13.2. The van der Waals surface area contributed by atoms with E-state index in [1.165, 1.54) is 35.1 Å². The van der Waals surface area contributed by atoms with Crippen molar-refractivity contribution in [3.05, 3.63) is 34.4 Å². The van der Waals surface area contributed by atoms with Crippen LogP contribution >= 0.6 is 0 Å². The van der Waals surface area contributed by atoms with Crippen LogP contribution in [0.4, 0.5) is 0 Å². The predicted octanol–water partition coefficient (Wildman–Crippen LogP) is 3.08. The van der Waals surface area contributed by atoms with E-state index in [-0.39, 0.29) is 0 Å². The molecule has 2 rings (SSSR count). The first-order chi connectivity index (χ1) is 9.60. The van der Waals surface area contributed by atoms with Crippen LogP contribution in [-0.4, -0.2) is 19.0 Å². The minimum absolute atomic E-state index is 0.748. The van der Waals surface area contributed by atoms with E-state index < -0.39 is 0 Å². The van der Waals surface area contributed by atoms with E-state index >= 15 is 0 Å². The van der Waals surface area contributed by atoms with Gasteiger partial charge < -0.3 is 10.6 Å². The van der Waals surface area contributed by atoms with Crippen molar-refractivity contribution in [2.75, 3.05) is 13.1 Å². The largest absolute Gasteiger partial charge is 0.357 e. The molecular weight excluding hydrogens is 246 g/mol. The summed E-state index contributed by atoms with van der Waals surface area (Å²) in [4.78, 5) is 4.73. The van der Waals surface area contributed by atoms with Crippen LogP contribution < -0.4 is 10.6 Å². The monoisotopic (exact) mass is 273 g/mol. The third kappa shape index (κ3) is 4.26. The van der Waals surface area contributed by atoms with Gasteiger partial charge in [0.05, 0.1) is 6.54 Å². The number of aryl methyl sites for hydroxylation is 3. The molecule has 1 aromatic carbocycles. The average Bonchev–Trinajstić information content (AvgIpc) is 3.18. The molecule has 0 atom stereocenters. The summed E-state index contributed by atoms with van der Waals surface area (Å²) in [5.41, 5.74) is 5.35. The zero-order chi connectivity index (χ0) is 14.5. The number of nitrogens with zero attached hydrogens (tertiary/aromatic N) is 1. The molecule has 1 aliphatic carbocycles. The van der Waals surface area contributed by atoms with Gasteiger partial charge in [-0.2, -0.15) is 0 Å². The van der Waals surface area contributed by atoms with Crippen LogP contribution in [0.3, 0.4) is 0 Å². The van der Waals surface area contributed by atoms with Gasteiger partial charge in [0.1, 0.15) is 0 Å². The molecule has 0 saturated heterocycles. The lowest BCUT2D eigenvalue weighted by molar-refractivity contribution is 0.739. The van der Waals surface area contributed by atoms with Gasteiger partial charge in [-0.05, 0) is 63.1 Å². The first kappa shape index (κ1) is 14.9. The van der Waals surface area contributed by atoms with Crippen molar-refractivity contribution in [3.63, 3.8) is 0 Å². The molecule has 1 fully saturated rings. The predicted molar refractivity (Wildman–Crippen MR) is 86.2 cm³/mol. The number of rotatable bonds is 5. The molecular formula is C17H27N3. The fourth-order valence-electron chi connectivity index (χ4n) is 2.52. The molecule has 0 spiro atoms. The lowest BCUT2D eigenvalue weighted by Gasteiger charge is -2.13. The summed E-state index contributed by atoms with van der Waals surface area (Å²) in [6.45, 7) is 11.3. The van der Waals surface area contributed by atoms with Gasteiger partial charge in [-0.15, -0.1) is 0 Å². The molecule has 2 N–H and O–H groups in total. The molecule has 0 radical (unpaired) electrons. The topological polar surface area (TPSA) is 36.4 Å². The number of aliphatic imine (C=N–C) groups is 1. The molecule has 1 aliphatic rings. The van der Waals surface area contributed by atoms with Gasteiger partial charge in [0.2, 0.25) is 0 Å². The second-order valence-electron chi connectivity index (χ2n) is 5.90. The van der Waals surface area contributed by atoms with Crippen LogP contribution in [0.15, 0.2) is 17.1 Å². The van der Waals surface area contributed by atoms with Crippen molar-refractivity contribution in [3.8, 4) is 0 Å². The summed E-state index contributed by atoms with van der Waals surface area (Å²) < 4.78 is 0. The van der Waals surface area contributed by atoms with Crippen LogP contribution in [0.2, 0.25) is 0 Å². The summed E-state index contributed by atoms with van der Waals surface area (Å²) >= 11 is 0. The molecule has 0 bridgehead atoms. The third-order valence-electron chi connectivity index (χ3n) is 3.83. The van der Waals surface area contributed by atoms with E-state index in [0.717, 1.165) is 31.5 Å². The van der Waals surface area contributed by atoms with Crippen LogP contribution in [0.1, 0.15) is 42.0 Å². The Hall–Kier alpha value is -1.51. The Morgan fingerprint density at radius 2 is 1.80 bits per heavy atom. The van der Waals surface area contributed by atoms with E-state index in [4.69, 9.17) is 4.99 Å². The maximum absolute atomic E-state index is 4.73. The summed E-state index contributed by atoms with van der Waals surface area (Å²) in [7, 11) is 0. The molecule has 0 amide bonds. The Morgan fingerprint density at radius 3 is 2.35 bits per heavy atom. The first-order valence-corrected chi connectivity index (χ1v) is 7.69. The molecule has 1 aromatic rings. The van der Waals surface area contributed by atoms with E-state index in [0.29, 0.717) is 0 Å². The standard InChI is InChI=1S/C17H27N3/c1-5-18-17(19-10-15-6-7-15)20-11-16-13(3)8-12(2)9-14(16)4/h8-9,15H,5-7,10-11H2,1-4H3,(H2,18,19,20). The van der Waals surface area contributed by atoms with E-state index in [1.807, 2.05) is 0 Å².